The number of hydrogen-bond donors (Lipinski definition) is 2. The first-order valence-electron chi connectivity index (χ1n) is 8.41. The van der Waals surface area contributed by atoms with Gasteiger partial charge in [-0.25, -0.2) is 18.7 Å². The maximum absolute atomic E-state index is 13.4. The number of hydrogen-bond acceptors (Lipinski definition) is 6. The van der Waals surface area contributed by atoms with Crippen LogP contribution in [-0.2, 0) is 6.54 Å². The van der Waals surface area contributed by atoms with Crippen LogP contribution in [0, 0.1) is 11.6 Å². The first-order chi connectivity index (χ1) is 13.0. The Morgan fingerprint density at radius 2 is 1.89 bits per heavy atom. The van der Waals surface area contributed by atoms with Gasteiger partial charge in [0.1, 0.15) is 11.6 Å². The van der Waals surface area contributed by atoms with Gasteiger partial charge >= 0.3 is 0 Å². The van der Waals surface area contributed by atoms with Gasteiger partial charge in [-0.2, -0.15) is 4.98 Å². The molecule has 140 valence electrons. The van der Waals surface area contributed by atoms with E-state index in [4.69, 9.17) is 4.74 Å². The number of aromatic nitrogens is 3. The standard InChI is InChI=1S/C19H19F2N5O/c1-12(2)25-17-7-9-23-19(26-17)24-11-13-4-3-8-22-18(13)27-14-5-6-15(20)16(21)10-14/h3-10,12H,11H2,1-2H3,(H2,23,24,25,26). The quantitative estimate of drug-likeness (QED) is 0.642. The summed E-state index contributed by atoms with van der Waals surface area (Å²) in [6.07, 6.45) is 3.21. The van der Waals surface area contributed by atoms with Crippen molar-refractivity contribution >= 4 is 11.8 Å². The topological polar surface area (TPSA) is 72.0 Å². The van der Waals surface area contributed by atoms with Crippen molar-refractivity contribution < 1.29 is 13.5 Å². The molecule has 0 saturated heterocycles. The van der Waals surface area contributed by atoms with Crippen molar-refractivity contribution in [3.8, 4) is 11.6 Å². The molecule has 2 heterocycles. The molecule has 0 amide bonds. The molecule has 0 fully saturated rings. The van der Waals surface area contributed by atoms with Gasteiger partial charge in [-0.05, 0) is 38.1 Å². The molecule has 0 atom stereocenters. The molecule has 2 N–H and O–H groups in total. The van der Waals surface area contributed by atoms with Gasteiger partial charge in [0.25, 0.3) is 0 Å². The van der Waals surface area contributed by atoms with Gasteiger partial charge in [-0.3, -0.25) is 0 Å². The predicted octanol–water partition coefficient (Wildman–Crippen LogP) is 4.37. The number of ether oxygens (including phenoxy) is 1. The van der Waals surface area contributed by atoms with E-state index in [9.17, 15) is 8.78 Å². The Bertz CT molecular complexity index is 920. The minimum absolute atomic E-state index is 0.160. The van der Waals surface area contributed by atoms with Crippen molar-refractivity contribution in [2.24, 2.45) is 0 Å². The predicted molar refractivity (Wildman–Crippen MR) is 98.8 cm³/mol. The molecule has 0 aliphatic heterocycles. The van der Waals surface area contributed by atoms with Crippen molar-refractivity contribution in [3.05, 3.63) is 66.0 Å². The Morgan fingerprint density at radius 3 is 2.67 bits per heavy atom. The van der Waals surface area contributed by atoms with E-state index in [1.165, 1.54) is 6.07 Å². The van der Waals surface area contributed by atoms with Crippen LogP contribution in [0.25, 0.3) is 0 Å². The Morgan fingerprint density at radius 1 is 1.04 bits per heavy atom. The van der Waals surface area contributed by atoms with Crippen LogP contribution >= 0.6 is 0 Å². The fourth-order valence-electron chi connectivity index (χ4n) is 2.30. The van der Waals surface area contributed by atoms with Crippen molar-refractivity contribution in [1.82, 2.24) is 15.0 Å². The summed E-state index contributed by atoms with van der Waals surface area (Å²) in [4.78, 5) is 12.7. The van der Waals surface area contributed by atoms with Crippen LogP contribution in [-0.4, -0.2) is 21.0 Å². The van der Waals surface area contributed by atoms with E-state index in [-0.39, 0.29) is 17.7 Å². The van der Waals surface area contributed by atoms with Crippen LogP contribution in [0.15, 0.2) is 48.8 Å². The molecule has 8 heteroatoms. The van der Waals surface area contributed by atoms with Gasteiger partial charge in [-0.1, -0.05) is 6.07 Å². The molecule has 1 aromatic carbocycles. The van der Waals surface area contributed by atoms with Gasteiger partial charge in [0.15, 0.2) is 11.6 Å². The lowest BCUT2D eigenvalue weighted by Crippen LogP contribution is -2.12. The van der Waals surface area contributed by atoms with E-state index in [0.29, 0.717) is 23.9 Å². The van der Waals surface area contributed by atoms with E-state index in [0.717, 1.165) is 12.1 Å². The van der Waals surface area contributed by atoms with Crippen LogP contribution in [0.5, 0.6) is 11.6 Å². The zero-order chi connectivity index (χ0) is 19.2. The van der Waals surface area contributed by atoms with Gasteiger partial charge in [-0.15, -0.1) is 0 Å². The maximum Gasteiger partial charge on any atom is 0.224 e. The summed E-state index contributed by atoms with van der Waals surface area (Å²) in [6.45, 7) is 4.39. The first-order valence-corrected chi connectivity index (χ1v) is 8.41. The molecule has 3 rings (SSSR count). The normalized spacial score (nSPS) is 10.7. The van der Waals surface area contributed by atoms with Crippen molar-refractivity contribution in [2.45, 2.75) is 26.4 Å². The van der Waals surface area contributed by atoms with E-state index in [1.54, 1.807) is 24.5 Å². The Labute approximate surface area is 155 Å². The smallest absolute Gasteiger partial charge is 0.224 e. The third-order valence-corrected chi connectivity index (χ3v) is 3.48. The minimum Gasteiger partial charge on any atom is -0.439 e. The number of nitrogens with one attached hydrogen (secondary N) is 2. The Balaban J connectivity index is 1.72. The third kappa shape index (κ3) is 5.10. The highest BCUT2D eigenvalue weighted by molar-refractivity contribution is 5.41. The van der Waals surface area contributed by atoms with E-state index in [2.05, 4.69) is 25.6 Å². The molecule has 0 bridgehead atoms. The maximum atomic E-state index is 13.4. The summed E-state index contributed by atoms with van der Waals surface area (Å²) in [7, 11) is 0. The van der Waals surface area contributed by atoms with Crippen LogP contribution in [0.1, 0.15) is 19.4 Å². The molecule has 3 aromatic rings. The van der Waals surface area contributed by atoms with E-state index >= 15 is 0 Å². The summed E-state index contributed by atoms with van der Waals surface area (Å²) in [6, 6.07) is 8.93. The average Bonchev–Trinajstić information content (AvgIpc) is 2.64. The van der Waals surface area contributed by atoms with Crippen LogP contribution < -0.4 is 15.4 Å². The van der Waals surface area contributed by atoms with Crippen molar-refractivity contribution in [1.29, 1.82) is 0 Å². The van der Waals surface area contributed by atoms with Gasteiger partial charge in [0, 0.05) is 36.6 Å². The summed E-state index contributed by atoms with van der Waals surface area (Å²) in [5.74, 6) is -0.306. The van der Waals surface area contributed by atoms with Crippen LogP contribution in [0.2, 0.25) is 0 Å². The molecule has 0 radical (unpaired) electrons. The molecular weight excluding hydrogens is 352 g/mol. The molecule has 0 saturated carbocycles. The zero-order valence-electron chi connectivity index (χ0n) is 14.9. The van der Waals surface area contributed by atoms with Gasteiger partial charge in [0.2, 0.25) is 11.8 Å². The zero-order valence-corrected chi connectivity index (χ0v) is 14.9. The van der Waals surface area contributed by atoms with E-state index < -0.39 is 11.6 Å². The number of anilines is 2. The van der Waals surface area contributed by atoms with Gasteiger partial charge in [0.05, 0.1) is 0 Å². The van der Waals surface area contributed by atoms with Crippen molar-refractivity contribution in [2.75, 3.05) is 10.6 Å². The third-order valence-electron chi connectivity index (χ3n) is 3.48. The largest absolute Gasteiger partial charge is 0.439 e. The fraction of sp³-hybridized carbons (Fsp3) is 0.211. The van der Waals surface area contributed by atoms with Crippen molar-refractivity contribution in [3.63, 3.8) is 0 Å². The summed E-state index contributed by atoms with van der Waals surface area (Å²) < 4.78 is 32.0. The summed E-state index contributed by atoms with van der Waals surface area (Å²) in [5.41, 5.74) is 0.716. The first kappa shape index (κ1) is 18.5. The molecular formula is C19H19F2N5O. The molecule has 0 spiro atoms. The highest BCUT2D eigenvalue weighted by Crippen LogP contribution is 2.25. The SMILES string of the molecule is CC(C)Nc1ccnc(NCc2cccnc2Oc2ccc(F)c(F)c2)n1. The molecule has 0 aliphatic rings. The molecule has 27 heavy (non-hydrogen) atoms. The minimum atomic E-state index is -0.981. The second kappa shape index (κ2) is 8.39. The molecule has 0 aliphatic carbocycles. The number of rotatable bonds is 7. The summed E-state index contributed by atoms with van der Waals surface area (Å²) in [5, 5.41) is 6.31. The van der Waals surface area contributed by atoms with Gasteiger partial charge < -0.3 is 15.4 Å². The fourth-order valence-corrected chi connectivity index (χ4v) is 2.30. The number of nitrogens with zero attached hydrogens (tertiary/aromatic N) is 3. The van der Waals surface area contributed by atoms with Crippen LogP contribution in [0.3, 0.4) is 0 Å². The average molecular weight is 371 g/mol. The number of pyridine rings is 1. The highest BCUT2D eigenvalue weighted by Gasteiger charge is 2.10. The Hall–Kier alpha value is -3.29. The second-order valence-electron chi connectivity index (χ2n) is 6.06. The van der Waals surface area contributed by atoms with Crippen LogP contribution in [0.4, 0.5) is 20.5 Å². The summed E-state index contributed by atoms with van der Waals surface area (Å²) >= 11 is 0. The molecule has 2 aromatic heterocycles. The lowest BCUT2D eigenvalue weighted by atomic mass is 10.2. The Kier molecular flexibility index (Phi) is 5.75. The lowest BCUT2D eigenvalue weighted by Gasteiger charge is -2.12. The monoisotopic (exact) mass is 371 g/mol. The second-order valence-corrected chi connectivity index (χ2v) is 6.06. The molecule has 6 nitrogen and oxygen atoms in total. The number of benzene rings is 1. The lowest BCUT2D eigenvalue weighted by molar-refractivity contribution is 0.443. The highest BCUT2D eigenvalue weighted by atomic mass is 19.2. The van der Waals surface area contributed by atoms with E-state index in [1.807, 2.05) is 19.9 Å². The molecule has 0 unspecified atom stereocenters. The number of halogens is 2.